The zero-order valence-corrected chi connectivity index (χ0v) is 9.86. The van der Waals surface area contributed by atoms with Crippen LogP contribution in [0.4, 0.5) is 0 Å². The quantitative estimate of drug-likeness (QED) is 0.733. The average molecular weight is 257 g/mol. The SMILES string of the molecule is O=C(c1cccc(Cl)c1)c1sccc1Cl. The van der Waals surface area contributed by atoms with Gasteiger partial charge in [0.05, 0.1) is 9.90 Å². The number of rotatable bonds is 2. The molecule has 0 fully saturated rings. The van der Waals surface area contributed by atoms with Gasteiger partial charge in [-0.15, -0.1) is 11.3 Å². The molecular formula is C11H6Cl2OS. The van der Waals surface area contributed by atoms with Crippen LogP contribution in [-0.4, -0.2) is 5.78 Å². The zero-order valence-electron chi connectivity index (χ0n) is 7.54. The van der Waals surface area contributed by atoms with E-state index in [-0.39, 0.29) is 5.78 Å². The maximum atomic E-state index is 11.9. The monoisotopic (exact) mass is 256 g/mol. The molecule has 0 atom stereocenters. The minimum Gasteiger partial charge on any atom is -0.288 e. The molecule has 2 aromatic rings. The van der Waals surface area contributed by atoms with Gasteiger partial charge in [0.2, 0.25) is 5.78 Å². The zero-order chi connectivity index (χ0) is 10.8. The standard InChI is InChI=1S/C11H6Cl2OS/c12-8-3-1-2-7(6-8)10(14)11-9(13)4-5-15-11/h1-6H. The lowest BCUT2D eigenvalue weighted by Crippen LogP contribution is -1.98. The van der Waals surface area contributed by atoms with Crippen molar-refractivity contribution in [3.05, 3.63) is 56.2 Å². The van der Waals surface area contributed by atoms with E-state index in [0.29, 0.717) is 20.5 Å². The van der Waals surface area contributed by atoms with Crippen molar-refractivity contribution in [3.63, 3.8) is 0 Å². The Hall–Kier alpha value is -0.830. The number of thiophene rings is 1. The molecule has 4 heteroatoms. The molecule has 0 bridgehead atoms. The van der Waals surface area contributed by atoms with Gasteiger partial charge in [0.1, 0.15) is 0 Å². The summed E-state index contributed by atoms with van der Waals surface area (Å²) in [5, 5.41) is 2.83. The first-order chi connectivity index (χ1) is 7.18. The Labute approximate surface area is 101 Å². The summed E-state index contributed by atoms with van der Waals surface area (Å²) < 4.78 is 0. The van der Waals surface area contributed by atoms with E-state index in [2.05, 4.69) is 0 Å². The van der Waals surface area contributed by atoms with E-state index in [4.69, 9.17) is 23.2 Å². The Morgan fingerprint density at radius 1 is 1.20 bits per heavy atom. The number of hydrogen-bond donors (Lipinski definition) is 0. The number of hydrogen-bond acceptors (Lipinski definition) is 2. The summed E-state index contributed by atoms with van der Waals surface area (Å²) in [6, 6.07) is 8.56. The summed E-state index contributed by atoms with van der Waals surface area (Å²) in [6.07, 6.45) is 0. The second kappa shape index (κ2) is 4.35. The number of ketones is 1. The summed E-state index contributed by atoms with van der Waals surface area (Å²) in [4.78, 5) is 12.5. The molecule has 0 saturated carbocycles. The molecule has 1 aromatic heterocycles. The summed E-state index contributed by atoms with van der Waals surface area (Å²) in [6.45, 7) is 0. The molecule has 0 aliphatic carbocycles. The second-order valence-corrected chi connectivity index (χ2v) is 4.70. The van der Waals surface area contributed by atoms with Crippen molar-refractivity contribution in [2.24, 2.45) is 0 Å². The molecule has 0 spiro atoms. The van der Waals surface area contributed by atoms with E-state index in [9.17, 15) is 4.79 Å². The fraction of sp³-hybridized carbons (Fsp3) is 0. The molecule has 0 aliphatic heterocycles. The van der Waals surface area contributed by atoms with E-state index >= 15 is 0 Å². The molecule has 1 nitrogen and oxygen atoms in total. The van der Waals surface area contributed by atoms with Crippen LogP contribution in [0.15, 0.2) is 35.7 Å². The van der Waals surface area contributed by atoms with Gasteiger partial charge in [-0.2, -0.15) is 0 Å². The highest BCUT2D eigenvalue weighted by molar-refractivity contribution is 7.13. The van der Waals surface area contributed by atoms with Crippen LogP contribution in [0.5, 0.6) is 0 Å². The van der Waals surface area contributed by atoms with E-state index < -0.39 is 0 Å². The van der Waals surface area contributed by atoms with E-state index in [1.165, 1.54) is 11.3 Å². The smallest absolute Gasteiger partial charge is 0.204 e. The largest absolute Gasteiger partial charge is 0.288 e. The molecule has 0 amide bonds. The lowest BCUT2D eigenvalue weighted by atomic mass is 10.1. The molecule has 76 valence electrons. The lowest BCUT2D eigenvalue weighted by molar-refractivity contribution is 0.104. The van der Waals surface area contributed by atoms with Crippen molar-refractivity contribution in [2.45, 2.75) is 0 Å². The van der Waals surface area contributed by atoms with Gasteiger partial charge in [-0.3, -0.25) is 4.79 Å². The van der Waals surface area contributed by atoms with Crippen molar-refractivity contribution in [1.29, 1.82) is 0 Å². The van der Waals surface area contributed by atoms with Gasteiger partial charge in [0, 0.05) is 10.6 Å². The summed E-state index contributed by atoms with van der Waals surface area (Å²) >= 11 is 13.0. The highest BCUT2D eigenvalue weighted by atomic mass is 35.5. The number of halogens is 2. The highest BCUT2D eigenvalue weighted by Crippen LogP contribution is 2.25. The molecule has 0 aliphatic rings. The van der Waals surface area contributed by atoms with Gasteiger partial charge >= 0.3 is 0 Å². The Bertz CT molecular complexity index is 505. The Morgan fingerprint density at radius 2 is 2.00 bits per heavy atom. The fourth-order valence-corrected chi connectivity index (χ4v) is 2.51. The molecule has 15 heavy (non-hydrogen) atoms. The van der Waals surface area contributed by atoms with Crippen molar-refractivity contribution in [2.75, 3.05) is 0 Å². The minimum absolute atomic E-state index is 0.0856. The summed E-state index contributed by atoms with van der Waals surface area (Å²) in [5.41, 5.74) is 0.562. The van der Waals surface area contributed by atoms with Crippen LogP contribution < -0.4 is 0 Å². The molecule has 0 radical (unpaired) electrons. The normalized spacial score (nSPS) is 10.3. The first-order valence-electron chi connectivity index (χ1n) is 4.22. The average Bonchev–Trinajstić information content (AvgIpc) is 2.63. The number of carbonyl (C=O) groups excluding carboxylic acids is 1. The van der Waals surface area contributed by atoms with E-state index in [1.54, 1.807) is 35.7 Å². The van der Waals surface area contributed by atoms with Crippen LogP contribution in [0.1, 0.15) is 15.2 Å². The minimum atomic E-state index is -0.0856. The second-order valence-electron chi connectivity index (χ2n) is 2.94. The van der Waals surface area contributed by atoms with Gasteiger partial charge in [0.25, 0.3) is 0 Å². The third kappa shape index (κ3) is 2.23. The predicted molar refractivity (Wildman–Crippen MR) is 64.2 cm³/mol. The first-order valence-corrected chi connectivity index (χ1v) is 5.85. The first kappa shape index (κ1) is 10.7. The predicted octanol–water partition coefficient (Wildman–Crippen LogP) is 4.29. The number of carbonyl (C=O) groups is 1. The highest BCUT2D eigenvalue weighted by Gasteiger charge is 2.14. The third-order valence-electron chi connectivity index (χ3n) is 1.91. The molecule has 0 N–H and O–H groups in total. The maximum absolute atomic E-state index is 11.9. The lowest BCUT2D eigenvalue weighted by Gasteiger charge is -1.99. The van der Waals surface area contributed by atoms with Gasteiger partial charge in [0.15, 0.2) is 0 Å². The summed E-state index contributed by atoms with van der Waals surface area (Å²) in [5.74, 6) is -0.0856. The van der Waals surface area contributed by atoms with Gasteiger partial charge in [-0.05, 0) is 23.6 Å². The van der Waals surface area contributed by atoms with Crippen LogP contribution in [0.25, 0.3) is 0 Å². The molecule has 0 unspecified atom stereocenters. The van der Waals surface area contributed by atoms with Crippen LogP contribution in [0.3, 0.4) is 0 Å². The van der Waals surface area contributed by atoms with Crippen molar-refractivity contribution in [1.82, 2.24) is 0 Å². The van der Waals surface area contributed by atoms with Crippen LogP contribution in [0.2, 0.25) is 10.0 Å². The maximum Gasteiger partial charge on any atom is 0.204 e. The molecular weight excluding hydrogens is 251 g/mol. The van der Waals surface area contributed by atoms with Crippen molar-refractivity contribution >= 4 is 40.3 Å². The van der Waals surface area contributed by atoms with Crippen molar-refractivity contribution < 1.29 is 4.79 Å². The molecule has 2 rings (SSSR count). The van der Waals surface area contributed by atoms with Gasteiger partial charge in [-0.1, -0.05) is 35.3 Å². The number of benzene rings is 1. The van der Waals surface area contributed by atoms with Crippen molar-refractivity contribution in [3.8, 4) is 0 Å². The molecule has 1 heterocycles. The molecule has 0 saturated heterocycles. The Balaban J connectivity index is 2.41. The van der Waals surface area contributed by atoms with Crippen LogP contribution >= 0.6 is 34.5 Å². The van der Waals surface area contributed by atoms with Gasteiger partial charge < -0.3 is 0 Å². The topological polar surface area (TPSA) is 17.1 Å². The molecule has 1 aromatic carbocycles. The van der Waals surface area contributed by atoms with Crippen LogP contribution in [-0.2, 0) is 0 Å². The Morgan fingerprint density at radius 3 is 2.60 bits per heavy atom. The fourth-order valence-electron chi connectivity index (χ4n) is 1.22. The van der Waals surface area contributed by atoms with E-state index in [0.717, 1.165) is 0 Å². The summed E-state index contributed by atoms with van der Waals surface area (Å²) in [7, 11) is 0. The van der Waals surface area contributed by atoms with E-state index in [1.807, 2.05) is 0 Å². The van der Waals surface area contributed by atoms with Gasteiger partial charge in [-0.25, -0.2) is 0 Å². The third-order valence-corrected chi connectivity index (χ3v) is 3.49. The van der Waals surface area contributed by atoms with Crippen LogP contribution in [0, 0.1) is 0 Å². The Kier molecular flexibility index (Phi) is 3.10.